The molecular formula is C16H16BrFO3. The first kappa shape index (κ1) is 15.6. The average molecular weight is 355 g/mol. The van der Waals surface area contributed by atoms with Gasteiger partial charge in [0.25, 0.3) is 0 Å². The van der Waals surface area contributed by atoms with E-state index in [9.17, 15) is 4.39 Å². The minimum atomic E-state index is -0.396. The van der Waals surface area contributed by atoms with Crippen LogP contribution in [-0.2, 0) is 0 Å². The first-order chi connectivity index (χ1) is 10.1. The summed E-state index contributed by atoms with van der Waals surface area (Å²) in [6.45, 7) is 0. The Morgan fingerprint density at radius 2 is 1.62 bits per heavy atom. The summed E-state index contributed by atoms with van der Waals surface area (Å²) in [6.07, 6.45) is 0. The molecule has 0 spiro atoms. The summed E-state index contributed by atoms with van der Waals surface area (Å²) >= 11 is 3.58. The Kier molecular flexibility index (Phi) is 5.07. The molecule has 0 heterocycles. The summed E-state index contributed by atoms with van der Waals surface area (Å²) in [4.78, 5) is -0.196. The van der Waals surface area contributed by atoms with E-state index in [0.29, 0.717) is 11.5 Å². The average Bonchev–Trinajstić information content (AvgIpc) is 2.53. The Labute approximate surface area is 131 Å². The molecular weight excluding hydrogens is 339 g/mol. The normalized spacial score (nSPS) is 11.9. The van der Waals surface area contributed by atoms with E-state index in [2.05, 4.69) is 15.9 Å². The lowest BCUT2D eigenvalue weighted by atomic mass is 10.0. The van der Waals surface area contributed by atoms with Gasteiger partial charge in [-0.05, 0) is 23.8 Å². The summed E-state index contributed by atoms with van der Waals surface area (Å²) in [5, 5.41) is 0. The van der Waals surface area contributed by atoms with Gasteiger partial charge in [-0.15, -0.1) is 0 Å². The molecule has 0 amide bonds. The maximum absolute atomic E-state index is 13.8. The Balaban J connectivity index is 2.39. The van der Waals surface area contributed by atoms with Crippen molar-refractivity contribution in [2.45, 2.75) is 4.83 Å². The molecule has 0 fully saturated rings. The molecule has 0 aliphatic heterocycles. The van der Waals surface area contributed by atoms with Crippen LogP contribution in [0.4, 0.5) is 4.39 Å². The highest BCUT2D eigenvalue weighted by atomic mass is 79.9. The van der Waals surface area contributed by atoms with Crippen LogP contribution < -0.4 is 14.2 Å². The van der Waals surface area contributed by atoms with Crippen molar-refractivity contribution in [2.24, 2.45) is 0 Å². The van der Waals surface area contributed by atoms with Crippen LogP contribution in [0.1, 0.15) is 16.0 Å². The van der Waals surface area contributed by atoms with Crippen LogP contribution in [0.15, 0.2) is 36.4 Å². The molecule has 2 rings (SSSR count). The Morgan fingerprint density at radius 1 is 0.905 bits per heavy atom. The fourth-order valence-corrected chi connectivity index (χ4v) is 2.71. The zero-order valence-electron chi connectivity index (χ0n) is 12.0. The SMILES string of the molecule is COc1ccc(C(Br)c2ccc(OC)c(F)c2)c(OC)c1. The summed E-state index contributed by atoms with van der Waals surface area (Å²) in [5.41, 5.74) is 1.67. The molecule has 0 aliphatic carbocycles. The van der Waals surface area contributed by atoms with Gasteiger partial charge in [-0.3, -0.25) is 0 Å². The molecule has 112 valence electrons. The molecule has 21 heavy (non-hydrogen) atoms. The molecule has 0 aliphatic rings. The van der Waals surface area contributed by atoms with Gasteiger partial charge in [-0.2, -0.15) is 0 Å². The number of alkyl halides is 1. The van der Waals surface area contributed by atoms with Crippen LogP contribution in [0.2, 0.25) is 0 Å². The second kappa shape index (κ2) is 6.80. The molecule has 0 saturated carbocycles. The summed E-state index contributed by atoms with van der Waals surface area (Å²) in [7, 11) is 4.63. The van der Waals surface area contributed by atoms with Crippen molar-refractivity contribution in [1.82, 2.24) is 0 Å². The first-order valence-electron chi connectivity index (χ1n) is 6.30. The van der Waals surface area contributed by atoms with E-state index >= 15 is 0 Å². The third-order valence-electron chi connectivity index (χ3n) is 3.18. The van der Waals surface area contributed by atoms with E-state index in [4.69, 9.17) is 14.2 Å². The largest absolute Gasteiger partial charge is 0.497 e. The van der Waals surface area contributed by atoms with Crippen molar-refractivity contribution in [3.8, 4) is 17.2 Å². The Bertz CT molecular complexity index is 631. The van der Waals surface area contributed by atoms with Crippen molar-refractivity contribution in [2.75, 3.05) is 21.3 Å². The van der Waals surface area contributed by atoms with Crippen LogP contribution in [0.5, 0.6) is 17.2 Å². The molecule has 1 unspecified atom stereocenters. The fraction of sp³-hybridized carbons (Fsp3) is 0.250. The number of methoxy groups -OCH3 is 3. The van der Waals surface area contributed by atoms with E-state index in [1.807, 2.05) is 18.2 Å². The lowest BCUT2D eigenvalue weighted by Gasteiger charge is -2.16. The fourth-order valence-electron chi connectivity index (χ4n) is 2.05. The number of rotatable bonds is 5. The predicted molar refractivity (Wildman–Crippen MR) is 83.3 cm³/mol. The number of ether oxygens (including phenoxy) is 3. The van der Waals surface area contributed by atoms with Crippen molar-refractivity contribution in [3.05, 3.63) is 53.3 Å². The highest BCUT2D eigenvalue weighted by Crippen LogP contribution is 2.39. The monoisotopic (exact) mass is 354 g/mol. The van der Waals surface area contributed by atoms with Crippen LogP contribution in [-0.4, -0.2) is 21.3 Å². The first-order valence-corrected chi connectivity index (χ1v) is 7.21. The van der Waals surface area contributed by atoms with Gasteiger partial charge >= 0.3 is 0 Å². The molecule has 0 aromatic heterocycles. The highest BCUT2D eigenvalue weighted by Gasteiger charge is 2.17. The van der Waals surface area contributed by atoms with Gasteiger partial charge < -0.3 is 14.2 Å². The highest BCUT2D eigenvalue weighted by molar-refractivity contribution is 9.09. The molecule has 2 aromatic rings. The minimum absolute atomic E-state index is 0.196. The lowest BCUT2D eigenvalue weighted by Crippen LogP contribution is -1.99. The maximum Gasteiger partial charge on any atom is 0.165 e. The third kappa shape index (κ3) is 3.29. The zero-order chi connectivity index (χ0) is 15.4. The van der Waals surface area contributed by atoms with E-state index in [-0.39, 0.29) is 10.6 Å². The quantitative estimate of drug-likeness (QED) is 0.747. The van der Waals surface area contributed by atoms with E-state index in [0.717, 1.165) is 11.1 Å². The Morgan fingerprint density at radius 3 is 2.19 bits per heavy atom. The van der Waals surface area contributed by atoms with E-state index in [1.54, 1.807) is 26.4 Å². The van der Waals surface area contributed by atoms with Gasteiger partial charge in [0.2, 0.25) is 0 Å². The summed E-state index contributed by atoms with van der Waals surface area (Å²) in [5.74, 6) is 1.20. The molecule has 3 nitrogen and oxygen atoms in total. The molecule has 0 saturated heterocycles. The van der Waals surface area contributed by atoms with Crippen molar-refractivity contribution >= 4 is 15.9 Å². The smallest absolute Gasteiger partial charge is 0.165 e. The predicted octanol–water partition coefficient (Wildman–Crippen LogP) is 4.34. The molecule has 1 atom stereocenters. The van der Waals surface area contributed by atoms with Crippen molar-refractivity contribution < 1.29 is 18.6 Å². The summed E-state index contributed by atoms with van der Waals surface area (Å²) in [6, 6.07) is 10.4. The summed E-state index contributed by atoms with van der Waals surface area (Å²) < 4.78 is 29.3. The third-order valence-corrected chi connectivity index (χ3v) is 4.20. The van der Waals surface area contributed by atoms with Gasteiger partial charge in [-0.25, -0.2) is 4.39 Å². The van der Waals surface area contributed by atoms with Gasteiger partial charge in [-0.1, -0.05) is 28.1 Å². The molecule has 2 aromatic carbocycles. The standard InChI is InChI=1S/C16H16BrFO3/c1-19-11-5-6-12(15(9-11)21-3)16(17)10-4-7-14(20-2)13(18)8-10/h4-9,16H,1-3H3. The number of hydrogen-bond acceptors (Lipinski definition) is 3. The minimum Gasteiger partial charge on any atom is -0.497 e. The topological polar surface area (TPSA) is 27.7 Å². The van der Waals surface area contributed by atoms with Gasteiger partial charge in [0.05, 0.1) is 26.2 Å². The van der Waals surface area contributed by atoms with Gasteiger partial charge in [0.15, 0.2) is 11.6 Å². The van der Waals surface area contributed by atoms with E-state index in [1.165, 1.54) is 13.2 Å². The zero-order valence-corrected chi connectivity index (χ0v) is 13.6. The van der Waals surface area contributed by atoms with Crippen molar-refractivity contribution in [3.63, 3.8) is 0 Å². The number of hydrogen-bond donors (Lipinski definition) is 0. The van der Waals surface area contributed by atoms with Crippen molar-refractivity contribution in [1.29, 1.82) is 0 Å². The van der Waals surface area contributed by atoms with Crippen LogP contribution >= 0.6 is 15.9 Å². The lowest BCUT2D eigenvalue weighted by molar-refractivity contribution is 0.386. The molecule has 0 radical (unpaired) electrons. The maximum atomic E-state index is 13.8. The van der Waals surface area contributed by atoms with Crippen LogP contribution in [0, 0.1) is 5.82 Å². The van der Waals surface area contributed by atoms with Crippen LogP contribution in [0.3, 0.4) is 0 Å². The van der Waals surface area contributed by atoms with E-state index < -0.39 is 5.82 Å². The van der Waals surface area contributed by atoms with Gasteiger partial charge in [0, 0.05) is 11.6 Å². The van der Waals surface area contributed by atoms with Crippen LogP contribution in [0.25, 0.3) is 0 Å². The Hall–Kier alpha value is -1.75. The molecule has 0 bridgehead atoms. The number of benzene rings is 2. The molecule has 5 heteroatoms. The second-order valence-electron chi connectivity index (χ2n) is 4.36. The second-order valence-corrected chi connectivity index (χ2v) is 5.28. The molecule has 0 N–H and O–H groups in total. The van der Waals surface area contributed by atoms with Gasteiger partial charge in [0.1, 0.15) is 11.5 Å². The number of halogens is 2.